The number of primary amides is 1. The van der Waals surface area contributed by atoms with Gasteiger partial charge in [-0.25, -0.2) is 0 Å². The molecule has 182 valence electrons. The lowest BCUT2D eigenvalue weighted by Crippen LogP contribution is -2.58. The fourth-order valence-electron chi connectivity index (χ4n) is 5.77. The number of aliphatic hydroxyl groups is 3. The summed E-state index contributed by atoms with van der Waals surface area (Å²) in [6, 6.07) is 3.32. The molecule has 4 atom stereocenters. The van der Waals surface area contributed by atoms with Gasteiger partial charge in [0.1, 0.15) is 22.8 Å². The molecule has 0 bridgehead atoms. The Morgan fingerprint density at radius 1 is 1.21 bits per heavy atom. The number of carbonyl (C=O) groups is 3. The Labute approximate surface area is 197 Å². The molecule has 3 aliphatic carbocycles. The van der Waals surface area contributed by atoms with Crippen molar-refractivity contribution in [3.05, 3.63) is 45.7 Å². The third-order valence-electron chi connectivity index (χ3n) is 7.88. The van der Waals surface area contributed by atoms with E-state index >= 15 is 0 Å². The maximum absolute atomic E-state index is 13.5. The van der Waals surface area contributed by atoms with Crippen LogP contribution in [0, 0.1) is 17.8 Å². The van der Waals surface area contributed by atoms with Crippen molar-refractivity contribution in [2.24, 2.45) is 23.5 Å². The van der Waals surface area contributed by atoms with E-state index in [0.29, 0.717) is 12.3 Å². The molecule has 8 heteroatoms. The van der Waals surface area contributed by atoms with Gasteiger partial charge < -0.3 is 26.2 Å². The average Bonchev–Trinajstić information content (AvgIpc) is 2.77. The molecule has 0 spiro atoms. The zero-order valence-electron chi connectivity index (χ0n) is 19.4. The van der Waals surface area contributed by atoms with Crippen LogP contribution in [0.25, 0.3) is 5.76 Å². The van der Waals surface area contributed by atoms with Gasteiger partial charge in [-0.05, 0) is 54.7 Å². The van der Waals surface area contributed by atoms with Crippen LogP contribution in [0.3, 0.4) is 0 Å². The number of Topliss-reactive ketones (excluding diaryl/α,β-unsaturated/α-hetero) is 2. The Kier molecular flexibility index (Phi) is 6.06. The standard InChI is InChI=1S/C26H31NO7/c1-3-12(2)5-4-6-13-7-8-17(28)20-16(13)10-14-9-15-11-18(29)21(25(27)33)24(32)26(15,34)23(31)19(14)22(20)30/h7-8,12,14-15,28,30,32,34H,3-6,9-11H2,1-2H3,(H2,27,33). The fraction of sp³-hybridized carbons (Fsp3) is 0.500. The SMILES string of the molecule is CCC(C)CCCc1ccc(O)c2c1CC1CC3CC(=O)C(C(N)=O)=C(O)C3(O)C(=O)C1=C2O. The first kappa shape index (κ1) is 24.0. The lowest BCUT2D eigenvalue weighted by Gasteiger charge is -2.46. The van der Waals surface area contributed by atoms with Crippen LogP contribution in [0.4, 0.5) is 0 Å². The predicted octanol–water partition coefficient (Wildman–Crippen LogP) is 2.79. The van der Waals surface area contributed by atoms with Crippen LogP contribution >= 0.6 is 0 Å². The van der Waals surface area contributed by atoms with E-state index in [4.69, 9.17) is 5.73 Å². The van der Waals surface area contributed by atoms with Gasteiger partial charge in [-0.2, -0.15) is 0 Å². The number of hydrogen-bond acceptors (Lipinski definition) is 7. The number of fused-ring (bicyclic) bond motifs is 3. The molecule has 0 aliphatic heterocycles. The van der Waals surface area contributed by atoms with Crippen molar-refractivity contribution >= 4 is 23.2 Å². The summed E-state index contributed by atoms with van der Waals surface area (Å²) in [4.78, 5) is 37.6. The molecule has 1 aromatic rings. The number of hydrogen-bond donors (Lipinski definition) is 5. The second-order valence-corrected chi connectivity index (χ2v) is 9.91. The van der Waals surface area contributed by atoms with E-state index in [0.717, 1.165) is 36.8 Å². The number of aryl methyl sites for hydroxylation is 1. The molecule has 1 aromatic carbocycles. The van der Waals surface area contributed by atoms with E-state index in [1.807, 2.05) is 6.07 Å². The van der Waals surface area contributed by atoms with Crippen LogP contribution in [0.15, 0.2) is 29.0 Å². The number of phenolic OH excluding ortho intramolecular Hbond substituents is 1. The molecule has 8 nitrogen and oxygen atoms in total. The molecule has 1 amide bonds. The number of phenols is 1. The van der Waals surface area contributed by atoms with Crippen LogP contribution in [-0.2, 0) is 27.2 Å². The van der Waals surface area contributed by atoms with Gasteiger partial charge in [-0.1, -0.05) is 32.8 Å². The molecule has 0 radical (unpaired) electrons. The monoisotopic (exact) mass is 469 g/mol. The van der Waals surface area contributed by atoms with E-state index in [-0.39, 0.29) is 29.7 Å². The summed E-state index contributed by atoms with van der Waals surface area (Å²) in [6.07, 6.45) is 4.01. The van der Waals surface area contributed by atoms with Crippen molar-refractivity contribution in [2.75, 3.05) is 0 Å². The summed E-state index contributed by atoms with van der Waals surface area (Å²) in [5.41, 5.74) is 3.68. The lowest BCUT2D eigenvalue weighted by atomic mass is 9.59. The van der Waals surface area contributed by atoms with E-state index in [1.54, 1.807) is 0 Å². The first-order valence-corrected chi connectivity index (χ1v) is 11.8. The van der Waals surface area contributed by atoms with Crippen LogP contribution in [0.5, 0.6) is 5.75 Å². The van der Waals surface area contributed by atoms with Crippen molar-refractivity contribution in [1.82, 2.24) is 0 Å². The van der Waals surface area contributed by atoms with Crippen molar-refractivity contribution in [1.29, 1.82) is 0 Å². The largest absolute Gasteiger partial charge is 0.508 e. The highest BCUT2D eigenvalue weighted by Gasteiger charge is 2.60. The highest BCUT2D eigenvalue weighted by atomic mass is 16.3. The second-order valence-electron chi connectivity index (χ2n) is 9.91. The minimum Gasteiger partial charge on any atom is -0.508 e. The van der Waals surface area contributed by atoms with Crippen molar-refractivity contribution in [3.63, 3.8) is 0 Å². The third-order valence-corrected chi connectivity index (χ3v) is 7.88. The van der Waals surface area contributed by atoms with Gasteiger partial charge >= 0.3 is 0 Å². The summed E-state index contributed by atoms with van der Waals surface area (Å²) < 4.78 is 0. The van der Waals surface area contributed by atoms with Gasteiger partial charge in [0, 0.05) is 17.9 Å². The van der Waals surface area contributed by atoms with Crippen LogP contribution in [0.1, 0.15) is 62.6 Å². The topological polar surface area (TPSA) is 158 Å². The molecule has 3 aliphatic rings. The molecule has 1 fully saturated rings. The molecular weight excluding hydrogens is 438 g/mol. The lowest BCUT2D eigenvalue weighted by molar-refractivity contribution is -0.147. The first-order valence-electron chi connectivity index (χ1n) is 11.8. The van der Waals surface area contributed by atoms with Crippen molar-refractivity contribution in [2.45, 2.75) is 64.4 Å². The van der Waals surface area contributed by atoms with Gasteiger partial charge in [0.25, 0.3) is 5.91 Å². The van der Waals surface area contributed by atoms with E-state index in [9.17, 15) is 34.8 Å². The van der Waals surface area contributed by atoms with Crippen molar-refractivity contribution < 1.29 is 34.8 Å². The summed E-state index contributed by atoms with van der Waals surface area (Å²) >= 11 is 0. The smallest absolute Gasteiger partial charge is 0.255 e. The number of amides is 1. The Morgan fingerprint density at radius 3 is 2.56 bits per heavy atom. The Morgan fingerprint density at radius 2 is 1.91 bits per heavy atom. The summed E-state index contributed by atoms with van der Waals surface area (Å²) in [6.45, 7) is 4.34. The van der Waals surface area contributed by atoms with Gasteiger partial charge in [-0.15, -0.1) is 0 Å². The predicted molar refractivity (Wildman–Crippen MR) is 124 cm³/mol. The van der Waals surface area contributed by atoms with Crippen LogP contribution in [0.2, 0.25) is 0 Å². The number of aliphatic hydroxyl groups excluding tert-OH is 2. The van der Waals surface area contributed by atoms with E-state index in [1.165, 1.54) is 6.07 Å². The number of nitrogens with two attached hydrogens (primary N) is 1. The molecule has 1 saturated carbocycles. The Hall–Kier alpha value is -3.13. The van der Waals surface area contributed by atoms with Gasteiger partial charge in [-0.3, -0.25) is 14.4 Å². The Balaban J connectivity index is 1.78. The maximum atomic E-state index is 13.5. The quantitative estimate of drug-likeness (QED) is 0.401. The molecule has 6 N–H and O–H groups in total. The molecule has 0 aromatic heterocycles. The minimum atomic E-state index is -2.53. The summed E-state index contributed by atoms with van der Waals surface area (Å²) in [5, 5.41) is 43.5. The maximum Gasteiger partial charge on any atom is 0.255 e. The highest BCUT2D eigenvalue weighted by molar-refractivity contribution is 6.22. The molecule has 4 rings (SSSR count). The minimum absolute atomic E-state index is 0.108. The Bertz CT molecular complexity index is 1150. The second kappa shape index (κ2) is 8.58. The number of aromatic hydroxyl groups is 1. The molecule has 4 unspecified atom stereocenters. The average molecular weight is 470 g/mol. The number of rotatable bonds is 6. The van der Waals surface area contributed by atoms with E-state index in [2.05, 4.69) is 13.8 Å². The molecule has 34 heavy (non-hydrogen) atoms. The first-order chi connectivity index (χ1) is 16.0. The fourth-order valence-corrected chi connectivity index (χ4v) is 5.77. The number of ketones is 2. The van der Waals surface area contributed by atoms with Crippen LogP contribution in [-0.4, -0.2) is 43.5 Å². The highest BCUT2D eigenvalue weighted by Crippen LogP contribution is 2.52. The van der Waals surface area contributed by atoms with Gasteiger partial charge in [0.05, 0.1) is 5.56 Å². The zero-order chi connectivity index (χ0) is 24.9. The molecule has 0 saturated heterocycles. The van der Waals surface area contributed by atoms with Gasteiger partial charge in [0.15, 0.2) is 11.4 Å². The number of carbonyl (C=O) groups excluding carboxylic acids is 3. The van der Waals surface area contributed by atoms with Crippen molar-refractivity contribution in [3.8, 4) is 5.75 Å². The molecular formula is C26H31NO7. The zero-order valence-corrected chi connectivity index (χ0v) is 19.4. The number of benzene rings is 1. The third kappa shape index (κ3) is 3.52. The molecule has 0 heterocycles. The van der Waals surface area contributed by atoms with Gasteiger partial charge in [0.2, 0.25) is 5.78 Å². The normalized spacial score (nSPS) is 27.3. The van der Waals surface area contributed by atoms with E-state index < -0.39 is 52.0 Å². The summed E-state index contributed by atoms with van der Waals surface area (Å²) in [5.74, 6) is -5.45. The summed E-state index contributed by atoms with van der Waals surface area (Å²) in [7, 11) is 0. The van der Waals surface area contributed by atoms with Crippen LogP contribution < -0.4 is 5.73 Å².